The summed E-state index contributed by atoms with van der Waals surface area (Å²) >= 11 is 0. The smallest absolute Gasteiger partial charge is 0.305 e. The molecule has 1 fully saturated rings. The lowest BCUT2D eigenvalue weighted by Crippen LogP contribution is -2.06. The molecule has 3 nitrogen and oxygen atoms in total. The summed E-state index contributed by atoms with van der Waals surface area (Å²) in [6, 6.07) is 0. The molecule has 2 aliphatic rings. The highest BCUT2D eigenvalue weighted by molar-refractivity contribution is 5.69. The largest absolute Gasteiger partial charge is 0.495 e. The molecule has 2 rings (SSSR count). The number of rotatable bonds is 0. The molecule has 0 saturated carbocycles. The zero-order valence-electron chi connectivity index (χ0n) is 8.33. The van der Waals surface area contributed by atoms with Crippen molar-refractivity contribution >= 4 is 5.97 Å². The fourth-order valence-corrected chi connectivity index (χ4v) is 1.89. The molecule has 0 aromatic heterocycles. The van der Waals surface area contributed by atoms with Gasteiger partial charge in [-0.1, -0.05) is 0 Å². The van der Waals surface area contributed by atoms with Gasteiger partial charge in [-0.2, -0.15) is 0 Å². The summed E-state index contributed by atoms with van der Waals surface area (Å²) in [6.07, 6.45) is 7.86. The lowest BCUT2D eigenvalue weighted by molar-refractivity contribution is -0.143. The Morgan fingerprint density at radius 3 is 3.14 bits per heavy atom. The first-order valence-electron chi connectivity index (χ1n) is 5.36. The molecule has 3 heteroatoms. The average Bonchev–Trinajstić information content (AvgIpc) is 2.58. The molecule has 2 bridgehead atoms. The average molecular weight is 196 g/mol. The first-order valence-corrected chi connectivity index (χ1v) is 5.36. The second kappa shape index (κ2) is 4.49. The lowest BCUT2D eigenvalue weighted by Gasteiger charge is -2.11. The topological polar surface area (TPSA) is 35.5 Å². The molecular formula is C11H16O3. The van der Waals surface area contributed by atoms with E-state index >= 15 is 0 Å². The molecule has 2 aliphatic heterocycles. The van der Waals surface area contributed by atoms with E-state index in [1.807, 2.05) is 0 Å². The Labute approximate surface area is 84.1 Å². The van der Waals surface area contributed by atoms with Crippen LogP contribution in [-0.2, 0) is 14.3 Å². The Morgan fingerprint density at radius 2 is 2.21 bits per heavy atom. The van der Waals surface area contributed by atoms with Gasteiger partial charge >= 0.3 is 5.97 Å². The Morgan fingerprint density at radius 1 is 1.29 bits per heavy atom. The Hall–Kier alpha value is -0.990. The number of ether oxygens (including phenoxy) is 2. The predicted molar refractivity (Wildman–Crippen MR) is 51.6 cm³/mol. The third-order valence-corrected chi connectivity index (χ3v) is 2.69. The van der Waals surface area contributed by atoms with E-state index in [2.05, 4.69) is 6.08 Å². The van der Waals surface area contributed by atoms with E-state index < -0.39 is 0 Å². The van der Waals surface area contributed by atoms with E-state index in [0.717, 1.165) is 37.9 Å². The van der Waals surface area contributed by atoms with Crippen LogP contribution < -0.4 is 0 Å². The third kappa shape index (κ3) is 2.50. The van der Waals surface area contributed by atoms with Crippen molar-refractivity contribution in [1.29, 1.82) is 0 Å². The monoisotopic (exact) mass is 196 g/mol. The molecule has 14 heavy (non-hydrogen) atoms. The van der Waals surface area contributed by atoms with Crippen molar-refractivity contribution in [3.05, 3.63) is 11.8 Å². The number of cyclic esters (lactones) is 1. The Balaban J connectivity index is 1.89. The summed E-state index contributed by atoms with van der Waals surface area (Å²) in [7, 11) is 0. The van der Waals surface area contributed by atoms with Gasteiger partial charge < -0.3 is 9.47 Å². The quantitative estimate of drug-likeness (QED) is 0.557. The fraction of sp³-hybridized carbons (Fsp3) is 0.727. The second-order valence-corrected chi connectivity index (χ2v) is 3.86. The molecule has 0 radical (unpaired) electrons. The summed E-state index contributed by atoms with van der Waals surface area (Å²) in [5.41, 5.74) is 0. The van der Waals surface area contributed by atoms with Crippen LogP contribution >= 0.6 is 0 Å². The van der Waals surface area contributed by atoms with E-state index in [1.54, 1.807) is 0 Å². The molecule has 0 spiro atoms. The van der Waals surface area contributed by atoms with Gasteiger partial charge in [0.1, 0.15) is 6.10 Å². The van der Waals surface area contributed by atoms with Crippen LogP contribution in [-0.4, -0.2) is 18.7 Å². The minimum absolute atomic E-state index is 0.0663. The summed E-state index contributed by atoms with van der Waals surface area (Å²) in [4.78, 5) is 11.1. The molecule has 1 atom stereocenters. The molecule has 2 heterocycles. The van der Waals surface area contributed by atoms with Crippen LogP contribution in [0.3, 0.4) is 0 Å². The standard InChI is InChI=1S/C11H16O3/c12-11-4-2-1-3-9-5-6-10(14-9)7-8-13-11/h6,9H,1-5,7-8H2. The van der Waals surface area contributed by atoms with Gasteiger partial charge in [0, 0.05) is 19.3 Å². The summed E-state index contributed by atoms with van der Waals surface area (Å²) < 4.78 is 10.8. The molecule has 1 unspecified atom stereocenters. The van der Waals surface area contributed by atoms with Gasteiger partial charge in [-0.05, 0) is 25.3 Å². The summed E-state index contributed by atoms with van der Waals surface area (Å²) in [5, 5.41) is 0. The number of hydrogen-bond acceptors (Lipinski definition) is 3. The highest BCUT2D eigenvalue weighted by atomic mass is 16.5. The van der Waals surface area contributed by atoms with Gasteiger partial charge in [-0.25, -0.2) is 0 Å². The van der Waals surface area contributed by atoms with E-state index in [0.29, 0.717) is 19.1 Å². The number of esters is 1. The van der Waals surface area contributed by atoms with E-state index in [1.165, 1.54) is 0 Å². The van der Waals surface area contributed by atoms with Crippen LogP contribution in [0.4, 0.5) is 0 Å². The maximum Gasteiger partial charge on any atom is 0.305 e. The molecule has 0 amide bonds. The Kier molecular flexibility index (Phi) is 3.07. The summed E-state index contributed by atoms with van der Waals surface area (Å²) in [5.74, 6) is 0.938. The van der Waals surface area contributed by atoms with Crippen molar-refractivity contribution < 1.29 is 14.3 Å². The minimum atomic E-state index is -0.0663. The third-order valence-electron chi connectivity index (χ3n) is 2.69. The minimum Gasteiger partial charge on any atom is -0.495 e. The van der Waals surface area contributed by atoms with E-state index in [4.69, 9.17) is 9.47 Å². The maximum atomic E-state index is 11.1. The van der Waals surface area contributed by atoms with Gasteiger partial charge in [0.25, 0.3) is 0 Å². The number of fused-ring (bicyclic) bond motifs is 2. The van der Waals surface area contributed by atoms with Crippen molar-refractivity contribution in [2.45, 2.75) is 44.6 Å². The highest BCUT2D eigenvalue weighted by Crippen LogP contribution is 2.24. The van der Waals surface area contributed by atoms with Gasteiger partial charge in [0.15, 0.2) is 0 Å². The predicted octanol–water partition coefficient (Wildman–Crippen LogP) is 2.17. The molecule has 78 valence electrons. The molecule has 1 saturated heterocycles. The van der Waals surface area contributed by atoms with Crippen molar-refractivity contribution in [3.8, 4) is 0 Å². The van der Waals surface area contributed by atoms with Gasteiger partial charge in [0.05, 0.1) is 12.4 Å². The fourth-order valence-electron chi connectivity index (χ4n) is 1.89. The van der Waals surface area contributed by atoms with E-state index in [-0.39, 0.29) is 5.97 Å². The van der Waals surface area contributed by atoms with Crippen molar-refractivity contribution in [2.24, 2.45) is 0 Å². The first kappa shape index (κ1) is 9.56. The van der Waals surface area contributed by atoms with Crippen LogP contribution in [0.25, 0.3) is 0 Å². The SMILES string of the molecule is O=C1CCCCC2CC=C(CCO1)O2. The Bertz CT molecular complexity index is 245. The summed E-state index contributed by atoms with van der Waals surface area (Å²) in [6.45, 7) is 0.470. The van der Waals surface area contributed by atoms with Crippen LogP contribution in [0.15, 0.2) is 11.8 Å². The number of carbonyl (C=O) groups is 1. The molecule has 0 N–H and O–H groups in total. The lowest BCUT2D eigenvalue weighted by atomic mass is 10.1. The number of hydrogen-bond donors (Lipinski definition) is 0. The molecule has 0 aliphatic carbocycles. The van der Waals surface area contributed by atoms with Crippen molar-refractivity contribution in [3.63, 3.8) is 0 Å². The van der Waals surface area contributed by atoms with Crippen LogP contribution in [0, 0.1) is 0 Å². The first-order chi connectivity index (χ1) is 6.84. The van der Waals surface area contributed by atoms with Crippen LogP contribution in [0.1, 0.15) is 38.5 Å². The molecule has 0 aromatic carbocycles. The second-order valence-electron chi connectivity index (χ2n) is 3.86. The van der Waals surface area contributed by atoms with Crippen molar-refractivity contribution in [1.82, 2.24) is 0 Å². The normalized spacial score (nSPS) is 28.4. The van der Waals surface area contributed by atoms with Crippen molar-refractivity contribution in [2.75, 3.05) is 6.61 Å². The van der Waals surface area contributed by atoms with Gasteiger partial charge in [0.2, 0.25) is 0 Å². The van der Waals surface area contributed by atoms with E-state index in [9.17, 15) is 4.79 Å². The highest BCUT2D eigenvalue weighted by Gasteiger charge is 2.19. The zero-order valence-corrected chi connectivity index (χ0v) is 8.33. The van der Waals surface area contributed by atoms with Crippen LogP contribution in [0.5, 0.6) is 0 Å². The van der Waals surface area contributed by atoms with Gasteiger partial charge in [-0.15, -0.1) is 0 Å². The maximum absolute atomic E-state index is 11.1. The molecule has 0 aromatic rings. The van der Waals surface area contributed by atoms with Crippen LogP contribution in [0.2, 0.25) is 0 Å². The number of carbonyl (C=O) groups excluding carboxylic acids is 1. The zero-order chi connectivity index (χ0) is 9.80. The van der Waals surface area contributed by atoms with Gasteiger partial charge in [-0.3, -0.25) is 4.79 Å². The molecular weight excluding hydrogens is 180 g/mol.